The van der Waals surface area contributed by atoms with E-state index in [4.69, 9.17) is 4.18 Å². The van der Waals surface area contributed by atoms with Crippen molar-refractivity contribution in [2.75, 3.05) is 20.1 Å². The van der Waals surface area contributed by atoms with Crippen molar-refractivity contribution < 1.29 is 12.6 Å². The van der Waals surface area contributed by atoms with Crippen molar-refractivity contribution in [2.45, 2.75) is 23.7 Å². The summed E-state index contributed by atoms with van der Waals surface area (Å²) in [7, 11) is 0.349. The summed E-state index contributed by atoms with van der Waals surface area (Å²) in [5.74, 6) is 0.845. The van der Waals surface area contributed by atoms with Crippen LogP contribution in [0.15, 0.2) is 59.6 Å². The van der Waals surface area contributed by atoms with Gasteiger partial charge < -0.3 is 13.7 Å². The van der Waals surface area contributed by atoms with E-state index in [0.29, 0.717) is 11.7 Å². The maximum absolute atomic E-state index is 12.5. The van der Waals surface area contributed by atoms with Crippen molar-refractivity contribution in [3.63, 3.8) is 0 Å². The Balaban J connectivity index is 1.68. The van der Waals surface area contributed by atoms with Crippen molar-refractivity contribution in [1.29, 1.82) is 0 Å². The summed E-state index contributed by atoms with van der Waals surface area (Å²) in [5, 5.41) is 1.08. The van der Waals surface area contributed by atoms with Gasteiger partial charge in [0.2, 0.25) is 0 Å². The summed E-state index contributed by atoms with van der Waals surface area (Å²) in [5.41, 5.74) is 2.37. The minimum absolute atomic E-state index is 0.161. The number of aromatic nitrogens is 1. The zero-order valence-electron chi connectivity index (χ0n) is 15.6. The molecule has 3 aromatic rings. The second-order valence-electron chi connectivity index (χ2n) is 7.30. The molecule has 6 heteroatoms. The van der Waals surface area contributed by atoms with Gasteiger partial charge in [-0.15, -0.1) is 0 Å². The first-order valence-electron chi connectivity index (χ1n) is 9.21. The van der Waals surface area contributed by atoms with Crippen molar-refractivity contribution in [3.8, 4) is 5.75 Å². The molecule has 1 aliphatic heterocycles. The lowest BCUT2D eigenvalue weighted by Gasteiger charge is -2.28. The fraction of sp³-hybridized carbons (Fsp3) is 0.333. The molecular weight excluding hydrogens is 360 g/mol. The minimum atomic E-state index is -3.83. The van der Waals surface area contributed by atoms with Crippen molar-refractivity contribution in [1.82, 2.24) is 9.47 Å². The lowest BCUT2D eigenvalue weighted by Crippen LogP contribution is -2.29. The van der Waals surface area contributed by atoms with Crippen LogP contribution >= 0.6 is 0 Å². The van der Waals surface area contributed by atoms with E-state index >= 15 is 0 Å². The molecule has 0 saturated carbocycles. The minimum Gasteiger partial charge on any atom is -0.379 e. The zero-order chi connectivity index (χ0) is 19.0. The van der Waals surface area contributed by atoms with Gasteiger partial charge >= 0.3 is 10.1 Å². The molecule has 0 amide bonds. The number of likely N-dealkylation sites (tertiary alicyclic amines) is 1. The van der Waals surface area contributed by atoms with Crippen LogP contribution in [0, 0.1) is 0 Å². The van der Waals surface area contributed by atoms with Crippen LogP contribution in [0.5, 0.6) is 5.75 Å². The van der Waals surface area contributed by atoms with Crippen LogP contribution in [0.4, 0.5) is 0 Å². The molecule has 4 rings (SSSR count). The number of hydrogen-bond donors (Lipinski definition) is 0. The van der Waals surface area contributed by atoms with Crippen LogP contribution in [-0.4, -0.2) is 38.0 Å². The van der Waals surface area contributed by atoms with Gasteiger partial charge in [-0.25, -0.2) is 0 Å². The Morgan fingerprint density at radius 1 is 1.00 bits per heavy atom. The van der Waals surface area contributed by atoms with Crippen LogP contribution < -0.4 is 4.18 Å². The van der Waals surface area contributed by atoms with E-state index < -0.39 is 10.1 Å². The molecule has 5 nitrogen and oxygen atoms in total. The quantitative estimate of drug-likeness (QED) is 0.643. The maximum atomic E-state index is 12.5. The van der Waals surface area contributed by atoms with Gasteiger partial charge in [0.1, 0.15) is 10.6 Å². The normalized spacial score (nSPS) is 16.7. The zero-order valence-corrected chi connectivity index (χ0v) is 16.4. The maximum Gasteiger partial charge on any atom is 0.339 e. The van der Waals surface area contributed by atoms with E-state index in [1.54, 1.807) is 36.4 Å². The summed E-state index contributed by atoms with van der Waals surface area (Å²) in [6.45, 7) is 2.17. The lowest BCUT2D eigenvalue weighted by molar-refractivity contribution is 0.256. The lowest BCUT2D eigenvalue weighted by atomic mass is 9.89. The molecule has 0 N–H and O–H groups in total. The molecule has 142 valence electrons. The summed E-state index contributed by atoms with van der Waals surface area (Å²) in [6, 6.07) is 13.8. The van der Waals surface area contributed by atoms with E-state index in [9.17, 15) is 8.42 Å². The first kappa shape index (κ1) is 18.1. The summed E-state index contributed by atoms with van der Waals surface area (Å²) in [4.78, 5) is 2.51. The number of aryl methyl sites for hydroxylation is 1. The van der Waals surface area contributed by atoms with Gasteiger partial charge in [-0.2, -0.15) is 8.42 Å². The van der Waals surface area contributed by atoms with E-state index in [1.165, 1.54) is 5.56 Å². The molecule has 0 unspecified atom stereocenters. The fourth-order valence-corrected chi connectivity index (χ4v) is 4.80. The number of piperidine rings is 1. The van der Waals surface area contributed by atoms with Gasteiger partial charge in [0.05, 0.1) is 0 Å². The van der Waals surface area contributed by atoms with Gasteiger partial charge in [0.15, 0.2) is 0 Å². The highest BCUT2D eigenvalue weighted by Gasteiger charge is 2.23. The molecule has 2 aromatic carbocycles. The second kappa shape index (κ2) is 7.02. The van der Waals surface area contributed by atoms with Crippen LogP contribution in [0.1, 0.15) is 24.3 Å². The van der Waals surface area contributed by atoms with Crippen molar-refractivity contribution in [2.24, 2.45) is 7.05 Å². The van der Waals surface area contributed by atoms with E-state index in [1.807, 2.05) is 19.2 Å². The Bertz CT molecular complexity index is 1050. The van der Waals surface area contributed by atoms with Crippen LogP contribution in [-0.2, 0) is 17.2 Å². The van der Waals surface area contributed by atoms with Gasteiger partial charge in [0.25, 0.3) is 0 Å². The number of rotatable bonds is 4. The smallest absolute Gasteiger partial charge is 0.339 e. The van der Waals surface area contributed by atoms with Gasteiger partial charge in [-0.05, 0) is 74.8 Å². The summed E-state index contributed by atoms with van der Waals surface area (Å²) in [6.07, 6.45) is 4.40. The summed E-state index contributed by atoms with van der Waals surface area (Å²) >= 11 is 0. The third-order valence-electron chi connectivity index (χ3n) is 5.39. The van der Waals surface area contributed by atoms with Crippen molar-refractivity contribution in [3.05, 3.63) is 60.3 Å². The monoisotopic (exact) mass is 384 g/mol. The van der Waals surface area contributed by atoms with Crippen LogP contribution in [0.25, 0.3) is 10.9 Å². The number of hydrogen-bond acceptors (Lipinski definition) is 4. The molecule has 0 atom stereocenters. The number of benzene rings is 2. The van der Waals surface area contributed by atoms with Crippen LogP contribution in [0.3, 0.4) is 0 Å². The van der Waals surface area contributed by atoms with Gasteiger partial charge in [0, 0.05) is 24.1 Å². The molecular formula is C21H24N2O3S. The molecule has 0 bridgehead atoms. The Labute approximate surface area is 160 Å². The van der Waals surface area contributed by atoms with Gasteiger partial charge in [-0.3, -0.25) is 0 Å². The second-order valence-corrected chi connectivity index (χ2v) is 8.85. The average Bonchev–Trinajstić information content (AvgIpc) is 2.99. The molecule has 1 saturated heterocycles. The van der Waals surface area contributed by atoms with Crippen LogP contribution in [0.2, 0.25) is 0 Å². The Hall–Kier alpha value is -2.31. The van der Waals surface area contributed by atoms with E-state index in [0.717, 1.165) is 36.8 Å². The predicted octanol–water partition coefficient (Wildman–Crippen LogP) is 3.76. The Morgan fingerprint density at radius 3 is 2.41 bits per heavy atom. The predicted molar refractivity (Wildman–Crippen MR) is 107 cm³/mol. The fourth-order valence-electron chi connectivity index (χ4n) is 3.86. The standard InChI is InChI=1S/C21H24N2O3S/c1-22-12-10-16(11-13-22)20-15-23(2)21-9-8-17(14-19(20)21)26-27(24,25)18-6-4-3-5-7-18/h3-9,14-16H,10-13H2,1-2H3. The van der Waals surface area contributed by atoms with E-state index in [-0.39, 0.29) is 4.90 Å². The van der Waals surface area contributed by atoms with Gasteiger partial charge in [-0.1, -0.05) is 18.2 Å². The highest BCUT2D eigenvalue weighted by Crippen LogP contribution is 2.36. The van der Waals surface area contributed by atoms with E-state index in [2.05, 4.69) is 22.7 Å². The molecule has 1 fully saturated rings. The first-order valence-corrected chi connectivity index (χ1v) is 10.6. The topological polar surface area (TPSA) is 51.5 Å². The first-order chi connectivity index (χ1) is 12.9. The summed E-state index contributed by atoms with van der Waals surface area (Å²) < 4.78 is 32.6. The average molecular weight is 385 g/mol. The highest BCUT2D eigenvalue weighted by atomic mass is 32.2. The molecule has 2 heterocycles. The molecule has 0 aliphatic carbocycles. The third-order valence-corrected chi connectivity index (χ3v) is 6.65. The van der Waals surface area contributed by atoms with Crippen molar-refractivity contribution >= 4 is 21.0 Å². The molecule has 0 radical (unpaired) electrons. The molecule has 1 aliphatic rings. The SMILES string of the molecule is CN1CCC(c2cn(C)c3ccc(OS(=O)(=O)c4ccccc4)cc23)CC1. The largest absolute Gasteiger partial charge is 0.379 e. The third kappa shape index (κ3) is 3.59. The number of nitrogens with zero attached hydrogens (tertiary/aromatic N) is 2. The molecule has 1 aromatic heterocycles. The Morgan fingerprint density at radius 2 is 1.70 bits per heavy atom. The number of fused-ring (bicyclic) bond motifs is 1. The Kier molecular flexibility index (Phi) is 4.70. The molecule has 0 spiro atoms. The highest BCUT2D eigenvalue weighted by molar-refractivity contribution is 7.87. The molecule has 27 heavy (non-hydrogen) atoms.